The van der Waals surface area contributed by atoms with Gasteiger partial charge in [-0.2, -0.15) is 13.2 Å². The zero-order valence-corrected chi connectivity index (χ0v) is 17.5. The Kier molecular flexibility index (Phi) is 5.79. The Morgan fingerprint density at radius 2 is 1.62 bits per heavy atom. The third-order valence-electron chi connectivity index (χ3n) is 4.71. The largest absolute Gasteiger partial charge is 0.478 e. The SMILES string of the molecule is O=C(O)C1=Cc2cc(Cl)c(Oc3ccc(-c4ccccc4)cc3Cl)cc2OC1C(F)(F)F. The second-order valence-electron chi connectivity index (χ2n) is 6.88. The minimum Gasteiger partial charge on any atom is -0.478 e. The Hall–Kier alpha value is -3.16. The molecular weight excluding hydrogens is 468 g/mol. The van der Waals surface area contributed by atoms with Crippen LogP contribution in [0.1, 0.15) is 5.56 Å². The van der Waals surface area contributed by atoms with Crippen LogP contribution in [0.25, 0.3) is 17.2 Å². The Morgan fingerprint density at radius 3 is 2.25 bits per heavy atom. The maximum Gasteiger partial charge on any atom is 0.430 e. The first-order valence-electron chi connectivity index (χ1n) is 9.18. The van der Waals surface area contributed by atoms with Crippen LogP contribution in [-0.4, -0.2) is 23.4 Å². The summed E-state index contributed by atoms with van der Waals surface area (Å²) in [5.74, 6) is -1.71. The van der Waals surface area contributed by atoms with Crippen LogP contribution in [0.15, 0.2) is 66.2 Å². The minimum absolute atomic E-state index is 0.00729. The lowest BCUT2D eigenvalue weighted by Crippen LogP contribution is -2.40. The third kappa shape index (κ3) is 4.40. The lowest BCUT2D eigenvalue weighted by atomic mass is 10.0. The van der Waals surface area contributed by atoms with E-state index in [1.54, 1.807) is 18.2 Å². The predicted octanol–water partition coefficient (Wildman–Crippen LogP) is 7.24. The number of carboxylic acid groups (broad SMARTS) is 1. The summed E-state index contributed by atoms with van der Waals surface area (Å²) in [4.78, 5) is 11.3. The van der Waals surface area contributed by atoms with E-state index in [0.29, 0.717) is 0 Å². The van der Waals surface area contributed by atoms with Crippen molar-refractivity contribution >= 4 is 35.2 Å². The molecule has 1 aliphatic heterocycles. The number of hydrogen-bond donors (Lipinski definition) is 1. The molecule has 0 bridgehead atoms. The molecule has 0 saturated carbocycles. The van der Waals surface area contributed by atoms with Crippen molar-refractivity contribution in [1.82, 2.24) is 0 Å². The Bertz CT molecular complexity index is 1220. The molecule has 164 valence electrons. The van der Waals surface area contributed by atoms with E-state index in [-0.39, 0.29) is 32.9 Å². The van der Waals surface area contributed by atoms with Crippen LogP contribution in [0.4, 0.5) is 13.2 Å². The van der Waals surface area contributed by atoms with Crippen molar-refractivity contribution in [3.8, 4) is 28.4 Å². The Balaban J connectivity index is 1.67. The van der Waals surface area contributed by atoms with Crippen LogP contribution in [0.3, 0.4) is 0 Å². The Labute approximate surface area is 190 Å². The van der Waals surface area contributed by atoms with Gasteiger partial charge in [0, 0.05) is 11.6 Å². The van der Waals surface area contributed by atoms with Crippen molar-refractivity contribution in [2.24, 2.45) is 0 Å². The van der Waals surface area contributed by atoms with Gasteiger partial charge in [0.25, 0.3) is 0 Å². The van der Waals surface area contributed by atoms with E-state index in [2.05, 4.69) is 0 Å². The van der Waals surface area contributed by atoms with Crippen LogP contribution in [-0.2, 0) is 4.79 Å². The molecule has 0 aliphatic carbocycles. The van der Waals surface area contributed by atoms with E-state index in [0.717, 1.165) is 17.2 Å². The molecule has 32 heavy (non-hydrogen) atoms. The number of carbonyl (C=O) groups is 1. The number of benzene rings is 3. The highest BCUT2D eigenvalue weighted by Crippen LogP contribution is 2.43. The van der Waals surface area contributed by atoms with Crippen molar-refractivity contribution in [1.29, 1.82) is 0 Å². The van der Waals surface area contributed by atoms with Crippen LogP contribution in [0, 0.1) is 0 Å². The van der Waals surface area contributed by atoms with Gasteiger partial charge >= 0.3 is 12.1 Å². The normalized spacial score (nSPS) is 15.4. The maximum absolute atomic E-state index is 13.3. The van der Waals surface area contributed by atoms with Gasteiger partial charge in [0.1, 0.15) is 17.2 Å². The highest BCUT2D eigenvalue weighted by molar-refractivity contribution is 6.33. The fraction of sp³-hybridized carbons (Fsp3) is 0.0870. The average Bonchev–Trinajstić information content (AvgIpc) is 2.74. The first kappa shape index (κ1) is 22.0. The molecule has 4 rings (SSSR count). The molecule has 3 aromatic rings. The molecular formula is C23H13Cl2F3O4. The second kappa shape index (κ2) is 8.41. The summed E-state index contributed by atoms with van der Waals surface area (Å²) in [6.07, 6.45) is -6.65. The van der Waals surface area contributed by atoms with Crippen LogP contribution < -0.4 is 9.47 Å². The average molecular weight is 481 g/mol. The van der Waals surface area contributed by atoms with Crippen molar-refractivity contribution < 1.29 is 32.5 Å². The van der Waals surface area contributed by atoms with Crippen molar-refractivity contribution in [2.75, 3.05) is 0 Å². The van der Waals surface area contributed by atoms with Crippen molar-refractivity contribution in [2.45, 2.75) is 12.3 Å². The number of fused-ring (bicyclic) bond motifs is 1. The molecule has 0 saturated heterocycles. The van der Waals surface area contributed by atoms with Gasteiger partial charge in [-0.3, -0.25) is 0 Å². The summed E-state index contributed by atoms with van der Waals surface area (Å²) in [6, 6.07) is 17.0. The number of halogens is 5. The van der Waals surface area contributed by atoms with Gasteiger partial charge in [-0.15, -0.1) is 0 Å². The van der Waals surface area contributed by atoms with Crippen molar-refractivity contribution in [3.63, 3.8) is 0 Å². The first-order chi connectivity index (χ1) is 15.1. The zero-order valence-electron chi connectivity index (χ0n) is 16.0. The lowest BCUT2D eigenvalue weighted by Gasteiger charge is -2.27. The van der Waals surface area contributed by atoms with Gasteiger partial charge in [0.05, 0.1) is 15.6 Å². The molecule has 0 radical (unpaired) electrons. The fourth-order valence-electron chi connectivity index (χ4n) is 3.21. The van der Waals surface area contributed by atoms with Crippen LogP contribution in [0.2, 0.25) is 10.0 Å². The fourth-order valence-corrected chi connectivity index (χ4v) is 3.64. The highest BCUT2D eigenvalue weighted by atomic mass is 35.5. The van der Waals surface area contributed by atoms with Crippen LogP contribution >= 0.6 is 23.2 Å². The molecule has 0 amide bonds. The molecule has 1 N–H and O–H groups in total. The van der Waals surface area contributed by atoms with E-state index >= 15 is 0 Å². The molecule has 1 aliphatic rings. The third-order valence-corrected chi connectivity index (χ3v) is 5.30. The summed E-state index contributed by atoms with van der Waals surface area (Å²) < 4.78 is 50.6. The topological polar surface area (TPSA) is 55.8 Å². The summed E-state index contributed by atoms with van der Waals surface area (Å²) in [6.45, 7) is 0. The monoisotopic (exact) mass is 480 g/mol. The van der Waals surface area contributed by atoms with Gasteiger partial charge < -0.3 is 14.6 Å². The molecule has 0 aromatic heterocycles. The van der Waals surface area contributed by atoms with Gasteiger partial charge in [-0.1, -0.05) is 59.6 Å². The number of aliphatic carboxylic acids is 1. The minimum atomic E-state index is -4.92. The molecule has 9 heteroatoms. The standard InChI is InChI=1S/C23H13Cl2F3O4/c24-16-9-13(12-4-2-1-3-5-12)6-7-18(16)31-20-11-19-14(10-17(20)25)8-15(22(29)30)21(32-19)23(26,27)28/h1-11,21H,(H,29,30). The predicted molar refractivity (Wildman–Crippen MR) is 114 cm³/mol. The first-order valence-corrected chi connectivity index (χ1v) is 9.93. The number of rotatable bonds is 4. The van der Waals surface area contributed by atoms with E-state index in [1.165, 1.54) is 12.1 Å². The number of alkyl halides is 3. The summed E-state index contributed by atoms with van der Waals surface area (Å²) in [5.41, 5.74) is 0.947. The molecule has 1 atom stereocenters. The molecule has 0 spiro atoms. The number of ether oxygens (including phenoxy) is 2. The number of hydrogen-bond acceptors (Lipinski definition) is 3. The second-order valence-corrected chi connectivity index (χ2v) is 7.69. The zero-order chi connectivity index (χ0) is 23.0. The summed E-state index contributed by atoms with van der Waals surface area (Å²) in [5, 5.41) is 9.44. The maximum atomic E-state index is 13.3. The van der Waals surface area contributed by atoms with Crippen LogP contribution in [0.5, 0.6) is 17.2 Å². The van der Waals surface area contributed by atoms with E-state index in [9.17, 15) is 18.0 Å². The quantitative estimate of drug-likeness (QED) is 0.427. The van der Waals surface area contributed by atoms with Gasteiger partial charge in [-0.25, -0.2) is 4.79 Å². The van der Waals surface area contributed by atoms with Gasteiger partial charge in [0.2, 0.25) is 6.10 Å². The van der Waals surface area contributed by atoms with Gasteiger partial charge in [0.15, 0.2) is 0 Å². The molecule has 1 heterocycles. The van der Waals surface area contributed by atoms with Gasteiger partial charge in [-0.05, 0) is 35.4 Å². The summed E-state index contributed by atoms with van der Waals surface area (Å²) in [7, 11) is 0. The smallest absolute Gasteiger partial charge is 0.430 e. The van der Waals surface area contributed by atoms with E-state index < -0.39 is 23.8 Å². The molecule has 4 nitrogen and oxygen atoms in total. The number of carboxylic acids is 1. The molecule has 0 fully saturated rings. The lowest BCUT2D eigenvalue weighted by molar-refractivity contribution is -0.187. The molecule has 3 aromatic carbocycles. The highest BCUT2D eigenvalue weighted by Gasteiger charge is 2.48. The molecule has 1 unspecified atom stereocenters. The van der Waals surface area contributed by atoms with Crippen molar-refractivity contribution in [3.05, 3.63) is 81.8 Å². The summed E-state index contributed by atoms with van der Waals surface area (Å²) >= 11 is 12.6. The Morgan fingerprint density at radius 1 is 0.938 bits per heavy atom. The van der Waals surface area contributed by atoms with E-state index in [4.69, 9.17) is 37.8 Å². The van der Waals surface area contributed by atoms with E-state index in [1.807, 2.05) is 30.3 Å².